The number of hydrogen-bond donors (Lipinski definition) is 2. The van der Waals surface area contributed by atoms with Crippen molar-refractivity contribution in [3.8, 4) is 5.75 Å². The second kappa shape index (κ2) is 4.34. The molecule has 1 aliphatic rings. The van der Waals surface area contributed by atoms with Gasteiger partial charge in [-0.1, -0.05) is 12.1 Å². The van der Waals surface area contributed by atoms with E-state index in [-0.39, 0.29) is 5.75 Å². The average Bonchev–Trinajstić information content (AvgIpc) is 2.86. The summed E-state index contributed by atoms with van der Waals surface area (Å²) in [5, 5.41) is 14.4. The first-order chi connectivity index (χ1) is 8.34. The molecule has 0 spiro atoms. The monoisotopic (exact) mass is 228 g/mol. The molecule has 3 nitrogen and oxygen atoms in total. The zero-order valence-corrected chi connectivity index (χ0v) is 9.69. The van der Waals surface area contributed by atoms with Crippen molar-refractivity contribution in [3.63, 3.8) is 0 Å². The second-order valence-corrected chi connectivity index (χ2v) is 4.64. The summed E-state index contributed by atoms with van der Waals surface area (Å²) in [6, 6.07) is 8.29. The molecule has 17 heavy (non-hydrogen) atoms. The molecule has 1 fully saturated rings. The van der Waals surface area contributed by atoms with Crippen LogP contribution in [-0.2, 0) is 6.42 Å². The molecule has 0 radical (unpaired) electrons. The van der Waals surface area contributed by atoms with Gasteiger partial charge in [0.25, 0.3) is 0 Å². The molecule has 2 N–H and O–H groups in total. The number of hydrogen-bond acceptors (Lipinski definition) is 3. The number of rotatable bonds is 2. The van der Waals surface area contributed by atoms with Gasteiger partial charge in [0, 0.05) is 17.6 Å². The number of aromatic hydroxyl groups is 1. The van der Waals surface area contributed by atoms with E-state index in [0.717, 1.165) is 18.4 Å². The maximum atomic E-state index is 9.78. The van der Waals surface area contributed by atoms with Gasteiger partial charge in [-0.25, -0.2) is 0 Å². The minimum atomic E-state index is 0.267. The molecule has 88 valence electrons. The molecule has 2 heterocycles. The van der Waals surface area contributed by atoms with E-state index in [1.807, 2.05) is 18.2 Å². The van der Waals surface area contributed by atoms with Crippen molar-refractivity contribution in [1.82, 2.24) is 10.3 Å². The van der Waals surface area contributed by atoms with Gasteiger partial charge in [-0.3, -0.25) is 4.98 Å². The van der Waals surface area contributed by atoms with Crippen molar-refractivity contribution < 1.29 is 5.11 Å². The molecule has 1 aromatic carbocycles. The van der Waals surface area contributed by atoms with Crippen molar-refractivity contribution in [3.05, 3.63) is 36.0 Å². The third-order valence-electron chi connectivity index (χ3n) is 3.47. The normalized spacial score (nSPS) is 19.9. The second-order valence-electron chi connectivity index (χ2n) is 4.64. The largest absolute Gasteiger partial charge is 0.506 e. The van der Waals surface area contributed by atoms with Crippen molar-refractivity contribution in [2.24, 2.45) is 0 Å². The fourth-order valence-electron chi connectivity index (χ4n) is 2.59. The van der Waals surface area contributed by atoms with Gasteiger partial charge in [0.15, 0.2) is 0 Å². The van der Waals surface area contributed by atoms with E-state index >= 15 is 0 Å². The van der Waals surface area contributed by atoms with Gasteiger partial charge >= 0.3 is 0 Å². The number of benzene rings is 1. The van der Waals surface area contributed by atoms with Crippen LogP contribution >= 0.6 is 0 Å². The molecule has 3 rings (SSSR count). The highest BCUT2D eigenvalue weighted by molar-refractivity contribution is 5.87. The lowest BCUT2D eigenvalue weighted by Crippen LogP contribution is -2.23. The summed E-state index contributed by atoms with van der Waals surface area (Å²) in [6.45, 7) is 1.12. The summed E-state index contributed by atoms with van der Waals surface area (Å²) >= 11 is 0. The van der Waals surface area contributed by atoms with Crippen molar-refractivity contribution in [1.29, 1.82) is 0 Å². The summed E-state index contributed by atoms with van der Waals surface area (Å²) in [7, 11) is 0. The average molecular weight is 228 g/mol. The Morgan fingerprint density at radius 2 is 2.29 bits per heavy atom. The van der Waals surface area contributed by atoms with Gasteiger partial charge in [-0.2, -0.15) is 0 Å². The van der Waals surface area contributed by atoms with E-state index in [9.17, 15) is 5.11 Å². The molecular weight excluding hydrogens is 212 g/mol. The van der Waals surface area contributed by atoms with Gasteiger partial charge in [0.1, 0.15) is 11.3 Å². The van der Waals surface area contributed by atoms with Crippen LogP contribution in [0.4, 0.5) is 0 Å². The summed E-state index contributed by atoms with van der Waals surface area (Å²) < 4.78 is 0. The number of nitrogens with zero attached hydrogens (tertiary/aromatic N) is 1. The van der Waals surface area contributed by atoms with Crippen LogP contribution in [0.25, 0.3) is 10.9 Å². The first-order valence-electron chi connectivity index (χ1n) is 6.13. The van der Waals surface area contributed by atoms with Crippen LogP contribution < -0.4 is 5.32 Å². The number of phenols is 1. The molecule has 1 unspecified atom stereocenters. The van der Waals surface area contributed by atoms with E-state index in [1.54, 1.807) is 12.3 Å². The van der Waals surface area contributed by atoms with Crippen molar-refractivity contribution >= 4 is 10.9 Å². The topological polar surface area (TPSA) is 45.1 Å². The first kappa shape index (κ1) is 10.5. The third-order valence-corrected chi connectivity index (χ3v) is 3.47. The lowest BCUT2D eigenvalue weighted by molar-refractivity contribution is 0.480. The lowest BCUT2D eigenvalue weighted by atomic mass is 10.00. The Morgan fingerprint density at radius 3 is 3.12 bits per heavy atom. The van der Waals surface area contributed by atoms with Crippen LogP contribution in [0.2, 0.25) is 0 Å². The van der Waals surface area contributed by atoms with E-state index in [1.165, 1.54) is 18.4 Å². The van der Waals surface area contributed by atoms with Gasteiger partial charge in [-0.15, -0.1) is 0 Å². The number of aromatic nitrogens is 1. The molecule has 1 aliphatic heterocycles. The van der Waals surface area contributed by atoms with Gasteiger partial charge in [0.05, 0.1) is 0 Å². The minimum absolute atomic E-state index is 0.267. The maximum Gasteiger partial charge on any atom is 0.141 e. The quantitative estimate of drug-likeness (QED) is 0.828. The predicted molar refractivity (Wildman–Crippen MR) is 68.1 cm³/mol. The SMILES string of the molecule is Oc1ccc(CC2CCCN2)c2cccnc12. The Hall–Kier alpha value is -1.61. The number of fused-ring (bicyclic) bond motifs is 1. The van der Waals surface area contributed by atoms with Crippen LogP contribution in [0.15, 0.2) is 30.5 Å². The lowest BCUT2D eigenvalue weighted by Gasteiger charge is -2.12. The highest BCUT2D eigenvalue weighted by Gasteiger charge is 2.16. The molecular formula is C14H16N2O. The van der Waals surface area contributed by atoms with Gasteiger partial charge in [-0.05, 0) is 43.5 Å². The predicted octanol–water partition coefficient (Wildman–Crippen LogP) is 2.23. The van der Waals surface area contributed by atoms with E-state index in [0.29, 0.717) is 11.6 Å². The zero-order valence-electron chi connectivity index (χ0n) is 9.69. The highest BCUT2D eigenvalue weighted by Crippen LogP contribution is 2.27. The Bertz CT molecular complexity index is 533. The summed E-state index contributed by atoms with van der Waals surface area (Å²) in [5.41, 5.74) is 1.98. The van der Waals surface area contributed by atoms with Gasteiger partial charge in [0.2, 0.25) is 0 Å². The number of pyridine rings is 1. The van der Waals surface area contributed by atoms with Crippen molar-refractivity contribution in [2.75, 3.05) is 6.54 Å². The Labute approximate surface area is 100 Å². The molecule has 1 atom stereocenters. The first-order valence-corrected chi connectivity index (χ1v) is 6.13. The van der Waals surface area contributed by atoms with E-state index in [4.69, 9.17) is 0 Å². The van der Waals surface area contributed by atoms with Crippen LogP contribution in [0, 0.1) is 0 Å². The number of phenolic OH excluding ortho intramolecular Hbond substituents is 1. The standard InChI is InChI=1S/C14H16N2O/c17-13-6-5-10(9-11-3-1-7-15-11)12-4-2-8-16-14(12)13/h2,4-6,8,11,15,17H,1,3,7,9H2. The zero-order chi connectivity index (χ0) is 11.7. The molecule has 0 amide bonds. The Balaban J connectivity index is 2.01. The summed E-state index contributed by atoms with van der Waals surface area (Å²) in [6.07, 6.45) is 5.24. The molecule has 0 saturated carbocycles. The van der Waals surface area contributed by atoms with E-state index in [2.05, 4.69) is 10.3 Å². The molecule has 2 aromatic rings. The summed E-state index contributed by atoms with van der Waals surface area (Å²) in [5.74, 6) is 0.267. The Kier molecular flexibility index (Phi) is 2.69. The highest BCUT2D eigenvalue weighted by atomic mass is 16.3. The molecule has 1 aromatic heterocycles. The maximum absolute atomic E-state index is 9.78. The fraction of sp³-hybridized carbons (Fsp3) is 0.357. The van der Waals surface area contributed by atoms with Crippen LogP contribution in [-0.4, -0.2) is 22.7 Å². The van der Waals surface area contributed by atoms with Crippen LogP contribution in [0.3, 0.4) is 0 Å². The molecule has 3 heteroatoms. The Morgan fingerprint density at radius 1 is 1.35 bits per heavy atom. The van der Waals surface area contributed by atoms with Crippen LogP contribution in [0.5, 0.6) is 5.75 Å². The molecule has 0 bridgehead atoms. The van der Waals surface area contributed by atoms with Gasteiger partial charge < -0.3 is 10.4 Å². The molecule has 0 aliphatic carbocycles. The smallest absolute Gasteiger partial charge is 0.141 e. The summed E-state index contributed by atoms with van der Waals surface area (Å²) in [4.78, 5) is 4.25. The third kappa shape index (κ3) is 1.98. The fourth-order valence-corrected chi connectivity index (χ4v) is 2.59. The van der Waals surface area contributed by atoms with Crippen LogP contribution in [0.1, 0.15) is 18.4 Å². The molecule has 1 saturated heterocycles. The van der Waals surface area contributed by atoms with E-state index < -0.39 is 0 Å². The number of nitrogens with one attached hydrogen (secondary N) is 1. The minimum Gasteiger partial charge on any atom is -0.506 e. The van der Waals surface area contributed by atoms with Crippen molar-refractivity contribution in [2.45, 2.75) is 25.3 Å².